The molecule has 22 heavy (non-hydrogen) atoms. The molecule has 0 aliphatic carbocycles. The van der Waals surface area contributed by atoms with Gasteiger partial charge in [-0.2, -0.15) is 0 Å². The van der Waals surface area contributed by atoms with Crippen LogP contribution in [-0.2, 0) is 9.53 Å². The molecule has 0 unspecified atom stereocenters. The normalized spacial score (nSPS) is 25.1. The first-order valence-electron chi connectivity index (χ1n) is 7.22. The lowest BCUT2D eigenvalue weighted by Gasteiger charge is -2.33. The van der Waals surface area contributed by atoms with Gasteiger partial charge < -0.3 is 14.4 Å². The van der Waals surface area contributed by atoms with Gasteiger partial charge in [-0.15, -0.1) is 0 Å². The van der Waals surface area contributed by atoms with E-state index in [9.17, 15) is 9.18 Å². The number of carbonyl (C=O) groups is 1. The van der Waals surface area contributed by atoms with Gasteiger partial charge in [-0.05, 0) is 25.2 Å². The second kappa shape index (κ2) is 6.40. The van der Waals surface area contributed by atoms with Gasteiger partial charge in [-0.3, -0.25) is 9.69 Å². The summed E-state index contributed by atoms with van der Waals surface area (Å²) >= 11 is 5.87. The molecule has 1 aromatic carbocycles. The van der Waals surface area contributed by atoms with Crippen molar-refractivity contribution in [3.05, 3.63) is 29.0 Å². The summed E-state index contributed by atoms with van der Waals surface area (Å²) in [5.74, 6) is -0.249. The monoisotopic (exact) mass is 328 g/mol. The van der Waals surface area contributed by atoms with E-state index in [1.54, 1.807) is 4.90 Å². The third-order valence-corrected chi connectivity index (χ3v) is 4.47. The maximum Gasteiger partial charge on any atom is 0.260 e. The Bertz CT molecular complexity index is 572. The van der Waals surface area contributed by atoms with Gasteiger partial charge in [0.15, 0.2) is 6.61 Å². The average Bonchev–Trinajstić information content (AvgIpc) is 2.92. The molecule has 2 aliphatic rings. The summed E-state index contributed by atoms with van der Waals surface area (Å²) in [5.41, 5.74) is 0. The molecule has 0 saturated carbocycles. The summed E-state index contributed by atoms with van der Waals surface area (Å²) in [6.07, 6.45) is 0.0668. The SMILES string of the molecule is CN1CCO[C@@H]2CN(C(=O)COc3ccc(F)cc3Cl)C[C@@H]21. The van der Waals surface area contributed by atoms with Crippen LogP contribution in [0.5, 0.6) is 5.75 Å². The number of benzene rings is 1. The van der Waals surface area contributed by atoms with E-state index in [0.717, 1.165) is 12.6 Å². The first-order chi connectivity index (χ1) is 10.5. The lowest BCUT2D eigenvalue weighted by atomic mass is 10.1. The van der Waals surface area contributed by atoms with Crippen LogP contribution in [0.4, 0.5) is 4.39 Å². The van der Waals surface area contributed by atoms with Gasteiger partial charge in [0.25, 0.3) is 5.91 Å². The molecular formula is C15H18ClFN2O3. The number of halogens is 2. The van der Waals surface area contributed by atoms with Gasteiger partial charge in [-0.25, -0.2) is 4.39 Å². The summed E-state index contributed by atoms with van der Waals surface area (Å²) in [6, 6.07) is 4.08. The van der Waals surface area contributed by atoms with Gasteiger partial charge in [0.2, 0.25) is 0 Å². The molecule has 2 fully saturated rings. The fraction of sp³-hybridized carbons (Fsp3) is 0.533. The Hall–Kier alpha value is -1.37. The number of likely N-dealkylation sites (N-methyl/N-ethyl adjacent to an activating group) is 1. The second-order valence-corrected chi connectivity index (χ2v) is 6.03. The molecule has 2 heterocycles. The van der Waals surface area contributed by atoms with E-state index < -0.39 is 5.82 Å². The Morgan fingerprint density at radius 2 is 2.32 bits per heavy atom. The van der Waals surface area contributed by atoms with Crippen molar-refractivity contribution < 1.29 is 18.7 Å². The molecule has 2 aliphatic heterocycles. The molecule has 7 heteroatoms. The van der Waals surface area contributed by atoms with Crippen molar-refractivity contribution in [3.63, 3.8) is 0 Å². The molecule has 0 spiro atoms. The molecule has 0 radical (unpaired) electrons. The lowest BCUT2D eigenvalue weighted by Crippen LogP contribution is -2.48. The fourth-order valence-corrected chi connectivity index (χ4v) is 3.11. The highest BCUT2D eigenvalue weighted by molar-refractivity contribution is 6.32. The highest BCUT2D eigenvalue weighted by Gasteiger charge is 2.40. The van der Waals surface area contributed by atoms with E-state index in [0.29, 0.717) is 25.4 Å². The zero-order valence-corrected chi connectivity index (χ0v) is 13.1. The zero-order chi connectivity index (χ0) is 15.7. The Labute approximate surface area is 133 Å². The Morgan fingerprint density at radius 3 is 3.05 bits per heavy atom. The number of likely N-dealkylation sites (tertiary alicyclic amines) is 1. The number of nitrogens with zero attached hydrogens (tertiary/aromatic N) is 2. The van der Waals surface area contributed by atoms with Crippen molar-refractivity contribution in [3.8, 4) is 5.75 Å². The molecule has 0 bridgehead atoms. The Balaban J connectivity index is 1.56. The molecule has 120 valence electrons. The van der Waals surface area contributed by atoms with Crippen LogP contribution in [0.1, 0.15) is 0 Å². The number of carbonyl (C=O) groups excluding carboxylic acids is 1. The molecule has 2 atom stereocenters. The van der Waals surface area contributed by atoms with Crippen molar-refractivity contribution >= 4 is 17.5 Å². The first kappa shape index (κ1) is 15.5. The molecule has 1 aromatic rings. The standard InChI is InChI=1S/C15H18ClFN2O3/c1-18-4-5-21-14-8-19(7-12(14)18)15(20)9-22-13-3-2-10(17)6-11(13)16/h2-3,6,12,14H,4-5,7-9H2,1H3/t12-,14+/m0/s1. The van der Waals surface area contributed by atoms with Crippen LogP contribution >= 0.6 is 11.6 Å². The van der Waals surface area contributed by atoms with Crippen molar-refractivity contribution in [2.75, 3.05) is 39.9 Å². The summed E-state index contributed by atoms with van der Waals surface area (Å²) in [4.78, 5) is 16.2. The summed E-state index contributed by atoms with van der Waals surface area (Å²) in [5, 5.41) is 0.158. The number of hydrogen-bond donors (Lipinski definition) is 0. The number of rotatable bonds is 3. The molecule has 2 saturated heterocycles. The highest BCUT2D eigenvalue weighted by atomic mass is 35.5. The first-order valence-corrected chi connectivity index (χ1v) is 7.60. The topological polar surface area (TPSA) is 42.0 Å². The molecule has 5 nitrogen and oxygen atoms in total. The summed E-state index contributed by atoms with van der Waals surface area (Å²) < 4.78 is 24.1. The van der Waals surface area contributed by atoms with Crippen molar-refractivity contribution in [2.24, 2.45) is 0 Å². The predicted molar refractivity (Wildman–Crippen MR) is 79.6 cm³/mol. The van der Waals surface area contributed by atoms with Crippen LogP contribution in [0.15, 0.2) is 18.2 Å². The fourth-order valence-electron chi connectivity index (χ4n) is 2.88. The molecule has 0 aromatic heterocycles. The van der Waals surface area contributed by atoms with Gasteiger partial charge in [0.1, 0.15) is 11.6 Å². The van der Waals surface area contributed by atoms with E-state index in [4.69, 9.17) is 21.1 Å². The van der Waals surface area contributed by atoms with Gasteiger partial charge >= 0.3 is 0 Å². The van der Waals surface area contributed by atoms with Gasteiger partial charge in [-0.1, -0.05) is 11.6 Å². The van der Waals surface area contributed by atoms with Crippen LogP contribution in [0, 0.1) is 5.82 Å². The van der Waals surface area contributed by atoms with E-state index in [2.05, 4.69) is 4.90 Å². The maximum absolute atomic E-state index is 13.0. The third-order valence-electron chi connectivity index (χ3n) is 4.18. The van der Waals surface area contributed by atoms with E-state index in [1.165, 1.54) is 12.1 Å². The number of fused-ring (bicyclic) bond motifs is 1. The number of morpholine rings is 1. The van der Waals surface area contributed by atoms with Crippen LogP contribution < -0.4 is 4.74 Å². The molecule has 3 rings (SSSR count). The van der Waals surface area contributed by atoms with E-state index in [-0.39, 0.29) is 29.7 Å². The van der Waals surface area contributed by atoms with Crippen LogP contribution in [0.2, 0.25) is 5.02 Å². The number of amides is 1. The lowest BCUT2D eigenvalue weighted by molar-refractivity contribution is -0.132. The van der Waals surface area contributed by atoms with Crippen molar-refractivity contribution in [1.29, 1.82) is 0 Å². The molecule has 0 N–H and O–H groups in total. The van der Waals surface area contributed by atoms with E-state index >= 15 is 0 Å². The van der Waals surface area contributed by atoms with Gasteiger partial charge in [0.05, 0.1) is 23.8 Å². The van der Waals surface area contributed by atoms with E-state index in [1.807, 2.05) is 7.05 Å². The smallest absolute Gasteiger partial charge is 0.260 e. The van der Waals surface area contributed by atoms with Gasteiger partial charge in [0, 0.05) is 19.6 Å². The minimum absolute atomic E-state index is 0.0668. The maximum atomic E-state index is 13.0. The Kier molecular flexibility index (Phi) is 4.52. The minimum Gasteiger partial charge on any atom is -0.482 e. The minimum atomic E-state index is -0.438. The average molecular weight is 329 g/mol. The number of hydrogen-bond acceptors (Lipinski definition) is 4. The van der Waals surface area contributed by atoms with Crippen LogP contribution in [0.3, 0.4) is 0 Å². The quantitative estimate of drug-likeness (QED) is 0.841. The molecule has 1 amide bonds. The van der Waals surface area contributed by atoms with Crippen molar-refractivity contribution in [2.45, 2.75) is 12.1 Å². The number of ether oxygens (including phenoxy) is 2. The third kappa shape index (κ3) is 3.19. The predicted octanol–water partition coefficient (Wildman–Crippen LogP) is 1.40. The van der Waals surface area contributed by atoms with Crippen LogP contribution in [-0.4, -0.2) is 67.7 Å². The molecular weight excluding hydrogens is 311 g/mol. The van der Waals surface area contributed by atoms with Crippen molar-refractivity contribution in [1.82, 2.24) is 9.80 Å². The zero-order valence-electron chi connectivity index (χ0n) is 12.3. The van der Waals surface area contributed by atoms with Crippen LogP contribution in [0.25, 0.3) is 0 Å². The second-order valence-electron chi connectivity index (χ2n) is 5.62. The Morgan fingerprint density at radius 1 is 1.50 bits per heavy atom. The largest absolute Gasteiger partial charge is 0.482 e. The highest BCUT2D eigenvalue weighted by Crippen LogP contribution is 2.25. The summed E-state index contributed by atoms with van der Waals surface area (Å²) in [6.45, 7) is 2.68. The summed E-state index contributed by atoms with van der Waals surface area (Å²) in [7, 11) is 2.04.